The van der Waals surface area contributed by atoms with E-state index in [1.165, 1.54) is 0 Å². The first-order valence-electron chi connectivity index (χ1n) is 0.742. The molecule has 0 radical (unpaired) electrons. The molecule has 0 saturated carbocycles. The van der Waals surface area contributed by atoms with E-state index in [0.29, 0.717) is 0 Å². The normalized spacial score (nSPS) is 5.67. The molecule has 36 valence electrons. The summed E-state index contributed by atoms with van der Waals surface area (Å²) < 4.78 is 18.0. The van der Waals surface area contributed by atoms with E-state index in [0.717, 1.165) is 6.26 Å². The third kappa shape index (κ3) is 218. The van der Waals surface area contributed by atoms with Gasteiger partial charge in [-0.05, 0) is 0 Å². The predicted molar refractivity (Wildman–Crippen MR) is 17.2 cm³/mol. The van der Waals surface area contributed by atoms with Crippen molar-refractivity contribution in [3.8, 4) is 0 Å². The van der Waals surface area contributed by atoms with Crippen molar-refractivity contribution >= 4 is 10.7 Å². The Balaban J connectivity index is -0.0000000450. The Labute approximate surface area is 50.0 Å². The molecule has 0 aromatic heterocycles. The van der Waals surface area contributed by atoms with Crippen LogP contribution >= 0.6 is 0 Å². The van der Waals surface area contributed by atoms with Crippen molar-refractivity contribution in [1.29, 1.82) is 0 Å². The first-order chi connectivity index (χ1) is 1.73. The number of hydrogen-bond donors (Lipinski definition) is 0. The van der Waals surface area contributed by atoms with Crippen LogP contribution in [0.3, 0.4) is 0 Å². The molecule has 0 bridgehead atoms. The molecule has 0 spiro atoms. The maximum absolute atomic E-state index is 9.00. The predicted octanol–water partition coefficient (Wildman–Crippen LogP) is 0.0755. The average molecular weight is 164 g/mol. The first kappa shape index (κ1) is 16.0. The minimum absolute atomic E-state index is 0. The Hall–Kier alpha value is 0.503. The van der Waals surface area contributed by atoms with Gasteiger partial charge in [-0.25, -0.2) is 0 Å². The maximum Gasteiger partial charge on any atom is 0 e. The van der Waals surface area contributed by atoms with Crippen molar-refractivity contribution in [3.05, 3.63) is 0 Å². The minimum Gasteiger partial charge on any atom is -0.424 e. The largest absolute Gasteiger partial charge is 0.424 e. The summed E-state index contributed by atoms with van der Waals surface area (Å²) in [6.45, 7) is 0. The molecule has 0 unspecified atom stereocenters. The minimum atomic E-state index is -1.86. The standard InChI is InChI=1S/CH3O2S.FH.Zn/c1-4(2)3;;/h1H3;1H;/q-1;;. The Kier molecular flexibility index (Phi) is 24.3. The Bertz CT molecular complexity index is 61.9. The Morgan fingerprint density at radius 2 is 1.33 bits per heavy atom. The molecule has 0 N–H and O–H groups in total. The molecule has 0 rings (SSSR count). The van der Waals surface area contributed by atoms with E-state index in [4.69, 9.17) is 8.42 Å². The third-order valence-corrected chi connectivity index (χ3v) is 0. The summed E-state index contributed by atoms with van der Waals surface area (Å²) in [6.07, 6.45) is 1.08. The molecule has 0 aromatic carbocycles. The fourth-order valence-electron chi connectivity index (χ4n) is 0. The molecule has 0 atom stereocenters. The van der Waals surface area contributed by atoms with E-state index in [-0.39, 0.29) is 24.2 Å². The topological polar surface area (TPSA) is 34.1 Å². The van der Waals surface area contributed by atoms with Gasteiger partial charge in [0.05, 0.1) is 0 Å². The quantitative estimate of drug-likeness (QED) is 0.375. The molecule has 0 fully saturated rings. The van der Waals surface area contributed by atoms with Crippen molar-refractivity contribution in [3.63, 3.8) is 0 Å². The zero-order valence-electron chi connectivity index (χ0n) is 3.34. The van der Waals surface area contributed by atoms with Gasteiger partial charge in [-0.3, -0.25) is 4.70 Å². The summed E-state index contributed by atoms with van der Waals surface area (Å²) in [6, 6.07) is 0. The van der Waals surface area contributed by atoms with Gasteiger partial charge in [0.1, 0.15) is 0 Å². The van der Waals surface area contributed by atoms with E-state index >= 15 is 0 Å². The second-order valence-corrected chi connectivity index (χ2v) is 1.20. The fraction of sp³-hybridized carbons (Fsp3) is 1.00. The molecule has 0 aliphatic rings. The summed E-state index contributed by atoms with van der Waals surface area (Å²) in [5, 5.41) is 0. The molecule has 0 aliphatic carbocycles. The van der Waals surface area contributed by atoms with Crippen LogP contribution in [0.4, 0.5) is 4.70 Å². The van der Waals surface area contributed by atoms with E-state index in [9.17, 15) is 0 Å². The van der Waals surface area contributed by atoms with Gasteiger partial charge in [0, 0.05) is 19.5 Å². The second kappa shape index (κ2) is 9.09. The second-order valence-electron chi connectivity index (χ2n) is 0.401. The fourth-order valence-corrected chi connectivity index (χ4v) is 0. The van der Waals surface area contributed by atoms with Crippen LogP contribution in [0.15, 0.2) is 0 Å². The van der Waals surface area contributed by atoms with Crippen molar-refractivity contribution in [2.75, 3.05) is 6.26 Å². The average Bonchev–Trinajstić information content (AvgIpc) is 0.811. The summed E-state index contributed by atoms with van der Waals surface area (Å²) in [4.78, 5) is 0. The molecular weight excluding hydrogens is 160 g/mol. The van der Waals surface area contributed by atoms with Crippen LogP contribution in [0.1, 0.15) is 0 Å². The van der Waals surface area contributed by atoms with Crippen LogP contribution in [-0.4, -0.2) is 6.26 Å². The molecule has 0 aliphatic heterocycles. The Morgan fingerprint density at radius 3 is 1.33 bits per heavy atom. The monoisotopic (exact) mass is 163 g/mol. The van der Waals surface area contributed by atoms with Crippen LogP contribution < -0.4 is 0 Å². The smallest absolute Gasteiger partial charge is 0 e. The van der Waals surface area contributed by atoms with Crippen LogP contribution in [0, 0.1) is 0 Å². The number of rotatable bonds is 0. The SMILES string of the molecule is C[S-](=O)=O.F.[Zn]. The van der Waals surface area contributed by atoms with Gasteiger partial charge >= 0.3 is 0 Å². The zero-order chi connectivity index (χ0) is 3.58. The van der Waals surface area contributed by atoms with Crippen LogP contribution in [0.25, 0.3) is 0 Å². The van der Waals surface area contributed by atoms with Gasteiger partial charge in [0.15, 0.2) is 0 Å². The van der Waals surface area contributed by atoms with E-state index in [2.05, 4.69) is 0 Å². The van der Waals surface area contributed by atoms with Crippen molar-refractivity contribution in [2.24, 2.45) is 0 Å². The van der Waals surface area contributed by atoms with E-state index < -0.39 is 10.7 Å². The third-order valence-electron chi connectivity index (χ3n) is 0. The van der Waals surface area contributed by atoms with Crippen LogP contribution in [0.2, 0.25) is 0 Å². The first-order valence-corrected chi connectivity index (χ1v) is 2.22. The number of hydrogen-bond acceptors (Lipinski definition) is 3. The van der Waals surface area contributed by atoms with Gasteiger partial charge in [-0.1, -0.05) is 17.0 Å². The maximum atomic E-state index is 9.00. The van der Waals surface area contributed by atoms with Crippen molar-refractivity contribution < 1.29 is 32.6 Å². The summed E-state index contributed by atoms with van der Waals surface area (Å²) in [5.41, 5.74) is 0. The van der Waals surface area contributed by atoms with Gasteiger partial charge in [0.2, 0.25) is 0 Å². The molecule has 0 saturated heterocycles. The van der Waals surface area contributed by atoms with Gasteiger partial charge in [-0.15, -0.1) is 0 Å². The molecule has 0 amide bonds. The molecule has 5 heteroatoms. The zero-order valence-corrected chi connectivity index (χ0v) is 7.12. The summed E-state index contributed by atoms with van der Waals surface area (Å²) >= 11 is 0. The van der Waals surface area contributed by atoms with Crippen molar-refractivity contribution in [1.82, 2.24) is 0 Å². The van der Waals surface area contributed by atoms with Crippen LogP contribution in [-0.2, 0) is 38.6 Å². The summed E-state index contributed by atoms with van der Waals surface area (Å²) in [5.74, 6) is 0. The molecule has 6 heavy (non-hydrogen) atoms. The van der Waals surface area contributed by atoms with Gasteiger partial charge in [0.25, 0.3) is 0 Å². The summed E-state index contributed by atoms with van der Waals surface area (Å²) in [7, 11) is -1.86. The van der Waals surface area contributed by atoms with E-state index in [1.807, 2.05) is 0 Å². The van der Waals surface area contributed by atoms with Gasteiger partial charge in [-0.2, -0.15) is 0 Å². The number of halogens is 1. The Morgan fingerprint density at radius 1 is 1.33 bits per heavy atom. The molecule has 0 heterocycles. The van der Waals surface area contributed by atoms with E-state index in [1.54, 1.807) is 0 Å². The molecule has 2 nitrogen and oxygen atoms in total. The molecule has 0 aromatic rings. The molecular formula is CH4FO2SZn-. The van der Waals surface area contributed by atoms with Gasteiger partial charge < -0.3 is 8.42 Å². The van der Waals surface area contributed by atoms with Crippen LogP contribution in [0.5, 0.6) is 0 Å². The van der Waals surface area contributed by atoms with Crippen molar-refractivity contribution in [2.45, 2.75) is 0 Å².